The van der Waals surface area contributed by atoms with Crippen molar-refractivity contribution in [3.63, 3.8) is 0 Å². The first kappa shape index (κ1) is 18.2. The fourth-order valence-electron chi connectivity index (χ4n) is 3.64. The number of nitrogens with zero attached hydrogens (tertiary/aromatic N) is 5. The zero-order chi connectivity index (χ0) is 19.6. The topological polar surface area (TPSA) is 63.5 Å². The Morgan fingerprint density at radius 3 is 2.59 bits per heavy atom. The van der Waals surface area contributed by atoms with E-state index in [-0.39, 0.29) is 12.1 Å². The van der Waals surface area contributed by atoms with Gasteiger partial charge in [0.05, 0.1) is 19.6 Å². The van der Waals surface area contributed by atoms with Crippen molar-refractivity contribution in [2.75, 3.05) is 12.3 Å². The van der Waals surface area contributed by atoms with Crippen LogP contribution in [-0.4, -0.2) is 43.3 Å². The van der Waals surface area contributed by atoms with Gasteiger partial charge in [0.25, 0.3) is 0 Å². The molecule has 29 heavy (non-hydrogen) atoms. The van der Waals surface area contributed by atoms with Crippen molar-refractivity contribution in [3.05, 3.63) is 77.6 Å². The number of carbonyl (C=O) groups excluding carboxylic acids is 1. The summed E-state index contributed by atoms with van der Waals surface area (Å²) in [5.41, 5.74) is 2.74. The summed E-state index contributed by atoms with van der Waals surface area (Å²) in [6.07, 6.45) is 0. The van der Waals surface area contributed by atoms with Gasteiger partial charge < -0.3 is 4.90 Å². The first-order valence-corrected chi connectivity index (χ1v) is 10.6. The first-order valence-electron chi connectivity index (χ1n) is 9.64. The van der Waals surface area contributed by atoms with Crippen LogP contribution in [0.2, 0.25) is 0 Å². The number of aryl methyl sites for hydroxylation is 1. The third-order valence-corrected chi connectivity index (χ3v) is 6.06. The number of hydrogen-bond acceptors (Lipinski definition) is 5. The minimum Gasteiger partial charge on any atom is -0.314 e. The molecule has 2 aliphatic heterocycles. The number of rotatable bonds is 7. The zero-order valence-corrected chi connectivity index (χ0v) is 16.7. The number of carbonyl (C=O) groups is 1. The van der Waals surface area contributed by atoms with Crippen LogP contribution in [0.3, 0.4) is 0 Å². The first-order chi connectivity index (χ1) is 14.3. The van der Waals surface area contributed by atoms with Gasteiger partial charge in [-0.15, -0.1) is 11.8 Å². The Kier molecular flexibility index (Phi) is 4.95. The maximum absolute atomic E-state index is 12.6. The molecule has 1 saturated heterocycles. The SMILES string of the molecule is O=C1N2Cc3nn(CCSc4ccccc4)nc3C(C2)N1OCc1ccccc1. The zero-order valence-electron chi connectivity index (χ0n) is 15.8. The van der Waals surface area contributed by atoms with Gasteiger partial charge in [-0.05, 0) is 17.7 Å². The predicted octanol–water partition coefficient (Wildman–Crippen LogP) is 3.49. The largest absolute Gasteiger partial charge is 0.345 e. The summed E-state index contributed by atoms with van der Waals surface area (Å²) in [7, 11) is 0. The summed E-state index contributed by atoms with van der Waals surface area (Å²) < 4.78 is 0. The van der Waals surface area contributed by atoms with E-state index in [1.54, 1.807) is 21.5 Å². The monoisotopic (exact) mass is 407 g/mol. The van der Waals surface area contributed by atoms with Crippen molar-refractivity contribution in [1.82, 2.24) is 25.0 Å². The van der Waals surface area contributed by atoms with Gasteiger partial charge in [-0.25, -0.2) is 4.79 Å². The third-order valence-electron chi connectivity index (χ3n) is 5.06. The molecular formula is C21H21N5O2S. The van der Waals surface area contributed by atoms with E-state index < -0.39 is 0 Å². The van der Waals surface area contributed by atoms with Gasteiger partial charge in [0.2, 0.25) is 0 Å². The normalized spacial score (nSPS) is 17.7. The van der Waals surface area contributed by atoms with Gasteiger partial charge in [0.1, 0.15) is 24.0 Å². The number of aromatic nitrogens is 3. The maximum atomic E-state index is 12.6. The summed E-state index contributed by atoms with van der Waals surface area (Å²) in [6, 6.07) is 19.8. The lowest BCUT2D eigenvalue weighted by atomic mass is 10.1. The highest BCUT2D eigenvalue weighted by Crippen LogP contribution is 2.36. The van der Waals surface area contributed by atoms with Crippen LogP contribution in [0.25, 0.3) is 0 Å². The molecule has 148 valence electrons. The molecule has 1 aromatic heterocycles. The summed E-state index contributed by atoms with van der Waals surface area (Å²) in [5, 5.41) is 10.8. The summed E-state index contributed by atoms with van der Waals surface area (Å²) in [6.45, 7) is 2.16. The predicted molar refractivity (Wildman–Crippen MR) is 109 cm³/mol. The lowest BCUT2D eigenvalue weighted by Crippen LogP contribution is -2.30. The number of thioether (sulfide) groups is 1. The lowest BCUT2D eigenvalue weighted by Gasteiger charge is -2.20. The Bertz CT molecular complexity index is 995. The molecule has 7 nitrogen and oxygen atoms in total. The van der Waals surface area contributed by atoms with E-state index in [1.165, 1.54) is 9.96 Å². The molecule has 2 aliphatic rings. The van der Waals surface area contributed by atoms with Gasteiger partial charge in [-0.2, -0.15) is 20.1 Å². The molecule has 1 unspecified atom stereocenters. The average Bonchev–Trinajstić information content (AvgIpc) is 3.28. The van der Waals surface area contributed by atoms with Gasteiger partial charge in [-0.3, -0.25) is 4.84 Å². The smallest absolute Gasteiger partial charge is 0.314 e. The van der Waals surface area contributed by atoms with E-state index in [4.69, 9.17) is 9.94 Å². The lowest BCUT2D eigenvalue weighted by molar-refractivity contribution is -0.142. The molecular weight excluding hydrogens is 386 g/mol. The molecule has 2 amide bonds. The maximum Gasteiger partial charge on any atom is 0.345 e. The van der Waals surface area contributed by atoms with Crippen LogP contribution in [-0.2, 0) is 24.5 Å². The van der Waals surface area contributed by atoms with Crippen molar-refractivity contribution < 1.29 is 9.63 Å². The quantitative estimate of drug-likeness (QED) is 0.561. The molecule has 3 aromatic rings. The van der Waals surface area contributed by atoms with Gasteiger partial charge in [0.15, 0.2) is 0 Å². The molecule has 0 radical (unpaired) electrons. The molecule has 2 aromatic carbocycles. The van der Waals surface area contributed by atoms with E-state index in [0.29, 0.717) is 19.7 Å². The van der Waals surface area contributed by atoms with Crippen molar-refractivity contribution in [1.29, 1.82) is 0 Å². The van der Waals surface area contributed by atoms with Crippen LogP contribution in [0, 0.1) is 0 Å². The molecule has 1 fully saturated rings. The number of urea groups is 1. The fraction of sp³-hybridized carbons (Fsp3) is 0.286. The molecule has 8 heteroatoms. The number of hydrogen-bond donors (Lipinski definition) is 0. The summed E-state index contributed by atoms with van der Waals surface area (Å²) in [5.74, 6) is 0.888. The molecule has 1 atom stereocenters. The van der Waals surface area contributed by atoms with Crippen LogP contribution in [0.15, 0.2) is 65.6 Å². The number of amides is 2. The van der Waals surface area contributed by atoms with Crippen LogP contribution >= 0.6 is 11.8 Å². The highest BCUT2D eigenvalue weighted by atomic mass is 32.2. The number of hydroxylamine groups is 2. The highest BCUT2D eigenvalue weighted by Gasteiger charge is 2.46. The Hall–Kier alpha value is -2.84. The van der Waals surface area contributed by atoms with Crippen LogP contribution in [0.1, 0.15) is 23.0 Å². The van der Waals surface area contributed by atoms with Crippen LogP contribution < -0.4 is 0 Å². The standard InChI is InChI=1S/C21H21N5O2S/c27-21-24-13-18-20(19(14-24)26(21)28-15-16-7-3-1-4-8-16)23-25(22-18)11-12-29-17-9-5-2-6-10-17/h1-10,19H,11-15H2. The number of benzene rings is 2. The second kappa shape index (κ2) is 7.88. The minimum atomic E-state index is -0.203. The van der Waals surface area contributed by atoms with E-state index >= 15 is 0 Å². The highest BCUT2D eigenvalue weighted by molar-refractivity contribution is 7.99. The molecule has 0 saturated carbocycles. The van der Waals surface area contributed by atoms with Crippen molar-refractivity contribution in [2.24, 2.45) is 0 Å². The van der Waals surface area contributed by atoms with Crippen LogP contribution in [0.5, 0.6) is 0 Å². The van der Waals surface area contributed by atoms with Crippen LogP contribution in [0.4, 0.5) is 4.79 Å². The van der Waals surface area contributed by atoms with Gasteiger partial charge >= 0.3 is 6.03 Å². The van der Waals surface area contributed by atoms with Crippen molar-refractivity contribution in [2.45, 2.75) is 30.6 Å². The second-order valence-corrected chi connectivity index (χ2v) is 8.22. The molecule has 0 aliphatic carbocycles. The van der Waals surface area contributed by atoms with Gasteiger partial charge in [-0.1, -0.05) is 48.5 Å². The minimum absolute atomic E-state index is 0.114. The fourth-order valence-corrected chi connectivity index (χ4v) is 4.48. The Balaban J connectivity index is 1.25. The Labute approximate surface area is 173 Å². The van der Waals surface area contributed by atoms with Crippen molar-refractivity contribution >= 4 is 17.8 Å². The van der Waals surface area contributed by atoms with E-state index in [2.05, 4.69) is 17.2 Å². The molecule has 3 heterocycles. The molecule has 0 spiro atoms. The number of fused-ring (bicyclic) bond motifs is 4. The molecule has 2 bridgehead atoms. The van der Waals surface area contributed by atoms with E-state index in [0.717, 1.165) is 29.2 Å². The van der Waals surface area contributed by atoms with Crippen molar-refractivity contribution in [3.8, 4) is 0 Å². The molecule has 0 N–H and O–H groups in total. The van der Waals surface area contributed by atoms with E-state index in [9.17, 15) is 4.79 Å². The summed E-state index contributed by atoms with van der Waals surface area (Å²) >= 11 is 1.78. The summed E-state index contributed by atoms with van der Waals surface area (Å²) in [4.78, 5) is 23.3. The van der Waals surface area contributed by atoms with E-state index in [1.807, 2.05) is 48.5 Å². The third kappa shape index (κ3) is 3.73. The average molecular weight is 407 g/mol. The Morgan fingerprint density at radius 2 is 1.79 bits per heavy atom. The molecule has 5 rings (SSSR count). The van der Waals surface area contributed by atoms with Gasteiger partial charge in [0, 0.05) is 10.6 Å². The second-order valence-electron chi connectivity index (χ2n) is 7.05. The Morgan fingerprint density at radius 1 is 1.03 bits per heavy atom.